The second-order valence-corrected chi connectivity index (χ2v) is 4.45. The van der Waals surface area contributed by atoms with Crippen molar-refractivity contribution in [2.45, 2.75) is 0 Å². The van der Waals surface area contributed by atoms with E-state index in [4.69, 9.17) is 12.2 Å². The fourth-order valence-electron chi connectivity index (χ4n) is 2.09. The van der Waals surface area contributed by atoms with E-state index in [2.05, 4.69) is 20.9 Å². The van der Waals surface area contributed by atoms with Gasteiger partial charge in [-0.25, -0.2) is 15.0 Å². The molecule has 0 spiro atoms. The molecule has 0 aliphatic heterocycles. The summed E-state index contributed by atoms with van der Waals surface area (Å²) >= 11 is 0. The molecular weight excluding hydrogens is 247 g/mol. The van der Waals surface area contributed by atoms with Crippen molar-refractivity contribution in [1.82, 2.24) is 15.0 Å². The highest BCUT2D eigenvalue weighted by Crippen LogP contribution is 2.22. The van der Waals surface area contributed by atoms with E-state index in [0.717, 1.165) is 22.3 Å². The fourth-order valence-corrected chi connectivity index (χ4v) is 2.09. The maximum atomic E-state index is 5.91. The van der Waals surface area contributed by atoms with Gasteiger partial charge in [-0.2, -0.15) is 0 Å². The van der Waals surface area contributed by atoms with E-state index in [9.17, 15) is 0 Å². The number of benzene rings is 1. The van der Waals surface area contributed by atoms with Crippen LogP contribution in [0.3, 0.4) is 0 Å². The Labute approximate surface area is 117 Å². The zero-order valence-corrected chi connectivity index (χ0v) is 11.0. The predicted molar refractivity (Wildman–Crippen MR) is 83.3 cm³/mol. The van der Waals surface area contributed by atoms with Crippen molar-refractivity contribution in [3.63, 3.8) is 0 Å². The molecule has 2 heterocycles. The number of nitrogen functional groups attached to an aromatic ring is 1. The van der Waals surface area contributed by atoms with E-state index in [1.165, 1.54) is 0 Å². The van der Waals surface area contributed by atoms with Gasteiger partial charge >= 0.3 is 0 Å². The number of hydrogen-bond donors (Lipinski definition) is 1. The Kier molecular flexibility index (Phi) is 2.84. The minimum atomic E-state index is 0.391. The smallest absolute Gasteiger partial charge is 0.189 e. The van der Waals surface area contributed by atoms with E-state index in [-0.39, 0.29) is 0 Å². The van der Waals surface area contributed by atoms with Crippen molar-refractivity contribution >= 4 is 30.4 Å². The van der Waals surface area contributed by atoms with Gasteiger partial charge in [0.25, 0.3) is 0 Å². The molecule has 20 heavy (non-hydrogen) atoms. The topological polar surface area (TPSA) is 64.7 Å². The number of aromatic nitrogens is 3. The first-order chi connectivity index (χ1) is 9.67. The molecule has 0 unspecified atom stereocenters. The summed E-state index contributed by atoms with van der Waals surface area (Å²) in [6.07, 6.45) is 5.42. The van der Waals surface area contributed by atoms with Crippen LogP contribution >= 0.6 is 0 Å². The summed E-state index contributed by atoms with van der Waals surface area (Å²) in [5, 5.41) is 0. The molecule has 2 N–H and O–H groups in total. The summed E-state index contributed by atoms with van der Waals surface area (Å²) < 4.78 is 0. The summed E-state index contributed by atoms with van der Waals surface area (Å²) in [5.74, 6) is 3.01. The van der Waals surface area contributed by atoms with E-state index >= 15 is 0 Å². The predicted octanol–water partition coefficient (Wildman–Crippen LogP) is 0.514. The SMILES string of the molecule is Bc1nc(N)c2nc(-c3cccc(C#C)c3)ccc2n1. The highest BCUT2D eigenvalue weighted by Gasteiger charge is 2.07. The monoisotopic (exact) mass is 258 g/mol. The second kappa shape index (κ2) is 4.67. The van der Waals surface area contributed by atoms with E-state index < -0.39 is 0 Å². The number of terminal acetylenes is 1. The lowest BCUT2D eigenvalue weighted by atomic mass is 10.1. The minimum absolute atomic E-state index is 0.391. The van der Waals surface area contributed by atoms with Crippen LogP contribution in [0.25, 0.3) is 22.3 Å². The highest BCUT2D eigenvalue weighted by atomic mass is 15.0. The molecule has 2 aromatic heterocycles. The highest BCUT2D eigenvalue weighted by molar-refractivity contribution is 6.29. The van der Waals surface area contributed by atoms with Gasteiger partial charge in [0.05, 0.1) is 16.9 Å². The molecule has 3 aromatic rings. The third kappa shape index (κ3) is 2.08. The number of rotatable bonds is 1. The zero-order valence-electron chi connectivity index (χ0n) is 11.0. The van der Waals surface area contributed by atoms with Crippen LogP contribution in [0.1, 0.15) is 5.56 Å². The quantitative estimate of drug-likeness (QED) is 0.510. The van der Waals surface area contributed by atoms with Crippen molar-refractivity contribution in [3.05, 3.63) is 42.0 Å². The first kappa shape index (κ1) is 12.2. The van der Waals surface area contributed by atoms with Gasteiger partial charge in [0, 0.05) is 11.1 Å². The van der Waals surface area contributed by atoms with Gasteiger partial charge in [0.2, 0.25) is 0 Å². The van der Waals surface area contributed by atoms with Gasteiger partial charge in [-0.05, 0) is 24.3 Å². The van der Waals surface area contributed by atoms with Crippen LogP contribution in [0.4, 0.5) is 5.82 Å². The third-order valence-corrected chi connectivity index (χ3v) is 3.01. The summed E-state index contributed by atoms with van der Waals surface area (Å²) in [4.78, 5) is 13.0. The lowest BCUT2D eigenvalue weighted by Gasteiger charge is -2.06. The summed E-state index contributed by atoms with van der Waals surface area (Å²) in [6.45, 7) is 0. The van der Waals surface area contributed by atoms with Crippen molar-refractivity contribution in [2.24, 2.45) is 0 Å². The van der Waals surface area contributed by atoms with Gasteiger partial charge in [-0.1, -0.05) is 18.1 Å². The van der Waals surface area contributed by atoms with Gasteiger partial charge < -0.3 is 5.73 Å². The van der Waals surface area contributed by atoms with Crippen molar-refractivity contribution in [2.75, 3.05) is 5.73 Å². The molecule has 0 amide bonds. The molecule has 0 radical (unpaired) electrons. The van der Waals surface area contributed by atoms with Crippen LogP contribution in [0, 0.1) is 12.3 Å². The van der Waals surface area contributed by atoms with E-state index in [1.54, 1.807) is 7.85 Å². The Bertz CT molecular complexity index is 852. The minimum Gasteiger partial charge on any atom is -0.382 e. The average molecular weight is 258 g/mol. The molecule has 0 aliphatic rings. The van der Waals surface area contributed by atoms with Gasteiger partial charge in [0.1, 0.15) is 5.52 Å². The summed E-state index contributed by atoms with van der Waals surface area (Å²) in [6, 6.07) is 11.5. The normalized spacial score (nSPS) is 10.3. The Morgan fingerprint density at radius 2 is 1.95 bits per heavy atom. The Morgan fingerprint density at radius 3 is 2.75 bits per heavy atom. The Morgan fingerprint density at radius 1 is 1.10 bits per heavy atom. The number of nitrogens with two attached hydrogens (primary N) is 1. The van der Waals surface area contributed by atoms with Crippen LogP contribution in [0.2, 0.25) is 0 Å². The molecule has 5 heteroatoms. The summed E-state index contributed by atoms with van der Waals surface area (Å²) in [5.41, 5.74) is 10.5. The van der Waals surface area contributed by atoms with Crippen molar-refractivity contribution in [1.29, 1.82) is 0 Å². The molecule has 0 aliphatic carbocycles. The largest absolute Gasteiger partial charge is 0.382 e. The third-order valence-electron chi connectivity index (χ3n) is 3.01. The van der Waals surface area contributed by atoms with Crippen LogP contribution in [-0.2, 0) is 0 Å². The molecule has 94 valence electrons. The van der Waals surface area contributed by atoms with E-state index in [1.807, 2.05) is 36.4 Å². The number of pyridine rings is 1. The molecule has 3 rings (SSSR count). The van der Waals surface area contributed by atoms with Gasteiger partial charge in [-0.3, -0.25) is 0 Å². The average Bonchev–Trinajstić information content (AvgIpc) is 2.47. The molecule has 0 saturated heterocycles. The van der Waals surface area contributed by atoms with Crippen LogP contribution in [0.5, 0.6) is 0 Å². The number of fused-ring (bicyclic) bond motifs is 1. The molecule has 0 bridgehead atoms. The van der Waals surface area contributed by atoms with Crippen LogP contribution in [0.15, 0.2) is 36.4 Å². The van der Waals surface area contributed by atoms with Crippen molar-refractivity contribution in [3.8, 4) is 23.6 Å². The molecule has 1 aromatic carbocycles. The van der Waals surface area contributed by atoms with Crippen LogP contribution in [-0.4, -0.2) is 22.8 Å². The summed E-state index contributed by atoms with van der Waals surface area (Å²) in [7, 11) is 1.81. The first-order valence-corrected chi connectivity index (χ1v) is 6.15. The maximum absolute atomic E-state index is 5.91. The second-order valence-electron chi connectivity index (χ2n) is 4.45. The van der Waals surface area contributed by atoms with Gasteiger partial charge in [0.15, 0.2) is 13.7 Å². The Balaban J connectivity index is 2.20. The standard InChI is InChI=1S/C15H11BN4/c1-2-9-4-3-5-10(8-9)11-6-7-12-13(18-11)14(17)20-15(16)19-12/h1,3-8H,16H2,(H2,17,19,20). The molecule has 0 saturated carbocycles. The molecular formula is C15H11BN4. The number of nitrogens with zero attached hydrogens (tertiary/aromatic N) is 3. The molecule has 0 fully saturated rings. The van der Waals surface area contributed by atoms with Crippen LogP contribution < -0.4 is 11.5 Å². The lowest BCUT2D eigenvalue weighted by molar-refractivity contribution is 1.26. The molecule has 0 atom stereocenters. The number of anilines is 1. The van der Waals surface area contributed by atoms with Gasteiger partial charge in [-0.15, -0.1) is 6.42 Å². The fraction of sp³-hybridized carbons (Fsp3) is 0. The van der Waals surface area contributed by atoms with Crippen molar-refractivity contribution < 1.29 is 0 Å². The zero-order chi connectivity index (χ0) is 14.1. The molecule has 4 nitrogen and oxygen atoms in total. The maximum Gasteiger partial charge on any atom is 0.189 e. The first-order valence-electron chi connectivity index (χ1n) is 6.15. The lowest BCUT2D eigenvalue weighted by Crippen LogP contribution is -2.15. The Hall–Kier alpha value is -2.87. The van der Waals surface area contributed by atoms with E-state index in [0.29, 0.717) is 17.1 Å². The number of hydrogen-bond acceptors (Lipinski definition) is 4.